The van der Waals surface area contributed by atoms with Gasteiger partial charge in [-0.15, -0.1) is 0 Å². The van der Waals surface area contributed by atoms with Crippen LogP contribution in [0.4, 0.5) is 5.69 Å². The third-order valence-corrected chi connectivity index (χ3v) is 1.55. The molecule has 0 aliphatic carbocycles. The van der Waals surface area contributed by atoms with E-state index in [2.05, 4.69) is 4.99 Å². The van der Waals surface area contributed by atoms with Crippen LogP contribution in [0.15, 0.2) is 35.3 Å². The second kappa shape index (κ2) is 5.91. The predicted octanol–water partition coefficient (Wildman–Crippen LogP) is 2.34. The summed E-state index contributed by atoms with van der Waals surface area (Å²) in [4.78, 5) is 14.6. The number of carbonyl (C=O) groups excluding carboxylic acids is 1. The second-order valence-corrected chi connectivity index (χ2v) is 2.78. The van der Waals surface area contributed by atoms with Gasteiger partial charge in [0.2, 0.25) is 0 Å². The van der Waals surface area contributed by atoms with Crippen molar-refractivity contribution in [3.63, 3.8) is 0 Å². The number of carbonyl (C=O) groups is 1. The Balaban J connectivity index is 2.25. The molecule has 0 atom stereocenters. The summed E-state index contributed by atoms with van der Waals surface area (Å²) in [6.07, 6.45) is 2.40. The molecule has 0 aromatic heterocycles. The topological polar surface area (TPSA) is 38.7 Å². The van der Waals surface area contributed by atoms with Crippen molar-refractivity contribution in [1.29, 1.82) is 0 Å². The van der Waals surface area contributed by atoms with Crippen molar-refractivity contribution in [2.75, 3.05) is 6.61 Å². The standard InChI is InChI=1S/C11H13NO2/c1-10(13)14-9-5-8-12-11-6-3-2-4-7-11/h2-4,6-8H,5,9H2,1H3. The lowest BCUT2D eigenvalue weighted by atomic mass is 10.3. The van der Waals surface area contributed by atoms with Gasteiger partial charge in [-0.25, -0.2) is 0 Å². The largest absolute Gasteiger partial charge is 0.465 e. The molecule has 14 heavy (non-hydrogen) atoms. The van der Waals surface area contributed by atoms with Gasteiger partial charge < -0.3 is 4.74 Å². The van der Waals surface area contributed by atoms with Crippen LogP contribution in [0.2, 0.25) is 0 Å². The Kier molecular flexibility index (Phi) is 4.41. The van der Waals surface area contributed by atoms with Crippen LogP contribution in [0.1, 0.15) is 13.3 Å². The lowest BCUT2D eigenvalue weighted by Gasteiger charge is -1.96. The van der Waals surface area contributed by atoms with Gasteiger partial charge in [-0.05, 0) is 12.1 Å². The fourth-order valence-corrected chi connectivity index (χ4v) is 0.939. The summed E-state index contributed by atoms with van der Waals surface area (Å²) in [6.45, 7) is 1.79. The number of nitrogens with zero attached hydrogens (tertiary/aromatic N) is 1. The Labute approximate surface area is 83.4 Å². The third-order valence-electron chi connectivity index (χ3n) is 1.55. The number of esters is 1. The Morgan fingerprint density at radius 3 is 2.79 bits per heavy atom. The van der Waals surface area contributed by atoms with Gasteiger partial charge in [0, 0.05) is 19.6 Å². The van der Waals surface area contributed by atoms with E-state index in [9.17, 15) is 4.79 Å². The van der Waals surface area contributed by atoms with Crippen LogP contribution < -0.4 is 0 Å². The molecule has 0 N–H and O–H groups in total. The summed E-state index contributed by atoms with van der Waals surface area (Å²) < 4.78 is 4.75. The molecule has 0 amide bonds. The minimum absolute atomic E-state index is 0.252. The summed E-state index contributed by atoms with van der Waals surface area (Å²) in [5, 5.41) is 0. The van der Waals surface area contributed by atoms with E-state index in [0.29, 0.717) is 13.0 Å². The molecule has 0 aliphatic rings. The lowest BCUT2D eigenvalue weighted by Crippen LogP contribution is -2.00. The molecule has 0 aliphatic heterocycles. The van der Waals surface area contributed by atoms with Gasteiger partial charge in [-0.2, -0.15) is 0 Å². The van der Waals surface area contributed by atoms with E-state index in [4.69, 9.17) is 4.74 Å². The zero-order chi connectivity index (χ0) is 10.2. The Morgan fingerprint density at radius 1 is 1.43 bits per heavy atom. The summed E-state index contributed by atoms with van der Waals surface area (Å²) in [7, 11) is 0. The molecular formula is C11H13NO2. The van der Waals surface area contributed by atoms with E-state index in [-0.39, 0.29) is 5.97 Å². The highest BCUT2D eigenvalue weighted by Gasteiger charge is 1.89. The van der Waals surface area contributed by atoms with Crippen molar-refractivity contribution < 1.29 is 9.53 Å². The highest BCUT2D eigenvalue weighted by atomic mass is 16.5. The molecule has 0 fully saturated rings. The van der Waals surface area contributed by atoms with Crippen LogP contribution in [-0.4, -0.2) is 18.8 Å². The number of hydrogen-bond donors (Lipinski definition) is 0. The molecule has 1 aromatic rings. The smallest absolute Gasteiger partial charge is 0.302 e. The highest BCUT2D eigenvalue weighted by Crippen LogP contribution is 2.08. The zero-order valence-corrected chi connectivity index (χ0v) is 8.14. The van der Waals surface area contributed by atoms with Crippen molar-refractivity contribution in [3.05, 3.63) is 30.3 Å². The van der Waals surface area contributed by atoms with E-state index in [1.807, 2.05) is 30.3 Å². The third kappa shape index (κ3) is 4.40. The molecule has 3 heteroatoms. The molecule has 74 valence electrons. The maximum Gasteiger partial charge on any atom is 0.302 e. The van der Waals surface area contributed by atoms with Crippen molar-refractivity contribution in [3.8, 4) is 0 Å². The molecule has 0 radical (unpaired) electrons. The molecule has 1 aromatic carbocycles. The first-order valence-corrected chi connectivity index (χ1v) is 4.50. The first kappa shape index (κ1) is 10.4. The molecule has 1 rings (SSSR count). The predicted molar refractivity (Wildman–Crippen MR) is 55.8 cm³/mol. The summed E-state index contributed by atoms with van der Waals surface area (Å²) >= 11 is 0. The molecule has 0 bridgehead atoms. The number of rotatable bonds is 4. The van der Waals surface area contributed by atoms with Crippen molar-refractivity contribution in [2.45, 2.75) is 13.3 Å². The van der Waals surface area contributed by atoms with Gasteiger partial charge in [0.1, 0.15) is 0 Å². The fourth-order valence-electron chi connectivity index (χ4n) is 0.939. The van der Waals surface area contributed by atoms with Gasteiger partial charge in [0.25, 0.3) is 0 Å². The SMILES string of the molecule is CC(=O)OCCC=Nc1ccccc1. The average molecular weight is 191 g/mol. The number of hydrogen-bond acceptors (Lipinski definition) is 3. The molecule has 0 saturated carbocycles. The van der Waals surface area contributed by atoms with Crippen molar-refractivity contribution >= 4 is 17.9 Å². The fraction of sp³-hybridized carbons (Fsp3) is 0.273. The van der Waals surface area contributed by atoms with E-state index in [0.717, 1.165) is 5.69 Å². The van der Waals surface area contributed by atoms with Crippen LogP contribution in [0.3, 0.4) is 0 Å². The Hall–Kier alpha value is -1.64. The first-order chi connectivity index (χ1) is 6.79. The van der Waals surface area contributed by atoms with E-state index >= 15 is 0 Å². The number of aliphatic imine (C=N–C) groups is 1. The monoisotopic (exact) mass is 191 g/mol. The summed E-state index contributed by atoms with van der Waals surface area (Å²) in [5.74, 6) is -0.252. The molecule has 0 saturated heterocycles. The molecule has 0 heterocycles. The van der Waals surface area contributed by atoms with Gasteiger partial charge in [0.05, 0.1) is 12.3 Å². The van der Waals surface area contributed by atoms with Crippen LogP contribution in [0.5, 0.6) is 0 Å². The van der Waals surface area contributed by atoms with E-state index in [1.54, 1.807) is 6.21 Å². The van der Waals surface area contributed by atoms with Gasteiger partial charge in [0.15, 0.2) is 0 Å². The Morgan fingerprint density at radius 2 is 2.14 bits per heavy atom. The minimum Gasteiger partial charge on any atom is -0.465 e. The van der Waals surface area contributed by atoms with Crippen molar-refractivity contribution in [2.24, 2.45) is 4.99 Å². The lowest BCUT2D eigenvalue weighted by molar-refractivity contribution is -0.140. The molecule has 0 unspecified atom stereocenters. The molecule has 0 spiro atoms. The van der Waals surface area contributed by atoms with E-state index < -0.39 is 0 Å². The van der Waals surface area contributed by atoms with Crippen LogP contribution in [0, 0.1) is 0 Å². The molecule has 3 nitrogen and oxygen atoms in total. The number of ether oxygens (including phenoxy) is 1. The van der Waals surface area contributed by atoms with Gasteiger partial charge in [-0.3, -0.25) is 9.79 Å². The number of para-hydroxylation sites is 1. The number of benzene rings is 1. The van der Waals surface area contributed by atoms with Crippen LogP contribution in [-0.2, 0) is 9.53 Å². The maximum atomic E-state index is 10.4. The van der Waals surface area contributed by atoms with Crippen molar-refractivity contribution in [1.82, 2.24) is 0 Å². The van der Waals surface area contributed by atoms with Gasteiger partial charge >= 0.3 is 5.97 Å². The molecular weight excluding hydrogens is 178 g/mol. The minimum atomic E-state index is -0.252. The van der Waals surface area contributed by atoms with Crippen LogP contribution in [0.25, 0.3) is 0 Å². The maximum absolute atomic E-state index is 10.4. The highest BCUT2D eigenvalue weighted by molar-refractivity contribution is 5.67. The quantitative estimate of drug-likeness (QED) is 0.416. The first-order valence-electron chi connectivity index (χ1n) is 4.50. The normalized spacial score (nSPS) is 10.4. The van der Waals surface area contributed by atoms with Crippen LogP contribution >= 0.6 is 0 Å². The van der Waals surface area contributed by atoms with E-state index in [1.165, 1.54) is 6.92 Å². The van der Waals surface area contributed by atoms with Gasteiger partial charge in [-0.1, -0.05) is 18.2 Å². The Bertz CT molecular complexity index is 306. The zero-order valence-electron chi connectivity index (χ0n) is 8.14. The summed E-state index contributed by atoms with van der Waals surface area (Å²) in [5.41, 5.74) is 0.912. The second-order valence-electron chi connectivity index (χ2n) is 2.78. The average Bonchev–Trinajstić information content (AvgIpc) is 2.18. The summed E-state index contributed by atoms with van der Waals surface area (Å²) in [6, 6.07) is 9.64.